The highest BCUT2D eigenvalue weighted by molar-refractivity contribution is 7.92. The minimum absolute atomic E-state index is 0.150. The molecule has 0 aliphatic heterocycles. The topological polar surface area (TPSA) is 63.2 Å². The predicted molar refractivity (Wildman–Crippen MR) is 76.9 cm³/mol. The third-order valence-electron chi connectivity index (χ3n) is 3.14. The third-order valence-corrected chi connectivity index (χ3v) is 5.41. The molecule has 1 rings (SSSR count). The maximum atomic E-state index is 13.1. The van der Waals surface area contributed by atoms with E-state index in [0.717, 1.165) is 6.92 Å². The Kier molecular flexibility index (Phi) is 5.99. The molecule has 0 fully saturated rings. The van der Waals surface area contributed by atoms with Gasteiger partial charge < -0.3 is 5.32 Å². The van der Waals surface area contributed by atoms with Gasteiger partial charge >= 0.3 is 6.18 Å². The summed E-state index contributed by atoms with van der Waals surface area (Å²) in [7, 11) is -3.76. The number of sulfone groups is 1. The van der Waals surface area contributed by atoms with Crippen molar-refractivity contribution in [2.75, 3.05) is 5.75 Å². The monoisotopic (exact) mass is 337 g/mol. The van der Waals surface area contributed by atoms with Crippen LogP contribution in [-0.2, 0) is 14.6 Å². The van der Waals surface area contributed by atoms with E-state index >= 15 is 0 Å². The van der Waals surface area contributed by atoms with Crippen LogP contribution in [0.15, 0.2) is 30.3 Å². The summed E-state index contributed by atoms with van der Waals surface area (Å²) in [6.45, 7) is 2.71. The molecule has 0 spiro atoms. The lowest BCUT2D eigenvalue weighted by molar-refractivity contribution is -0.163. The van der Waals surface area contributed by atoms with Crippen LogP contribution in [0, 0.1) is 0 Å². The predicted octanol–water partition coefficient (Wildman–Crippen LogP) is 2.62. The number of alkyl halides is 3. The van der Waals surface area contributed by atoms with Crippen molar-refractivity contribution in [3.05, 3.63) is 35.9 Å². The van der Waals surface area contributed by atoms with Gasteiger partial charge in [0.25, 0.3) is 0 Å². The molecule has 0 aromatic heterocycles. The molecule has 124 valence electrons. The Balaban J connectivity index is 2.99. The first kappa shape index (κ1) is 18.5. The van der Waals surface area contributed by atoms with Gasteiger partial charge in [-0.1, -0.05) is 37.3 Å². The van der Waals surface area contributed by atoms with E-state index in [9.17, 15) is 26.4 Å². The highest BCUT2D eigenvalue weighted by Gasteiger charge is 2.43. The number of nitrogens with one attached hydrogen (secondary N) is 1. The molecule has 0 saturated carbocycles. The molecule has 0 radical (unpaired) electrons. The van der Waals surface area contributed by atoms with Crippen LogP contribution in [0.4, 0.5) is 13.2 Å². The van der Waals surface area contributed by atoms with Crippen LogP contribution >= 0.6 is 0 Å². The molecule has 2 atom stereocenters. The van der Waals surface area contributed by atoms with E-state index in [2.05, 4.69) is 0 Å². The van der Waals surface area contributed by atoms with Crippen molar-refractivity contribution in [2.45, 2.75) is 37.7 Å². The summed E-state index contributed by atoms with van der Waals surface area (Å²) in [6.07, 6.45) is -4.42. The van der Waals surface area contributed by atoms with E-state index in [1.54, 1.807) is 18.3 Å². The number of benzene rings is 1. The Morgan fingerprint density at radius 3 is 2.23 bits per heavy atom. The second-order valence-electron chi connectivity index (χ2n) is 4.90. The van der Waals surface area contributed by atoms with Crippen molar-refractivity contribution in [2.24, 2.45) is 0 Å². The van der Waals surface area contributed by atoms with Crippen LogP contribution < -0.4 is 5.32 Å². The van der Waals surface area contributed by atoms with Crippen LogP contribution in [-0.4, -0.2) is 31.5 Å². The molecule has 4 nitrogen and oxygen atoms in total. The first-order valence-electron chi connectivity index (χ1n) is 6.73. The molecule has 1 N–H and O–H groups in total. The number of hydrogen-bond acceptors (Lipinski definition) is 3. The third kappa shape index (κ3) is 4.72. The van der Waals surface area contributed by atoms with Crippen molar-refractivity contribution in [3.8, 4) is 0 Å². The van der Waals surface area contributed by atoms with Crippen molar-refractivity contribution >= 4 is 15.7 Å². The second kappa shape index (κ2) is 7.13. The van der Waals surface area contributed by atoms with E-state index in [0.29, 0.717) is 6.42 Å². The Morgan fingerprint density at radius 1 is 1.23 bits per heavy atom. The van der Waals surface area contributed by atoms with Crippen molar-refractivity contribution in [1.29, 1.82) is 0 Å². The van der Waals surface area contributed by atoms with Gasteiger partial charge in [-0.3, -0.25) is 4.79 Å². The number of hydrogen-bond donors (Lipinski definition) is 1. The summed E-state index contributed by atoms with van der Waals surface area (Å²) in [6, 6.07) is 4.59. The van der Waals surface area contributed by atoms with Crippen LogP contribution in [0.2, 0.25) is 0 Å². The fourth-order valence-electron chi connectivity index (χ4n) is 1.88. The van der Waals surface area contributed by atoms with Crippen molar-refractivity contribution in [1.82, 2.24) is 5.32 Å². The van der Waals surface area contributed by atoms with Gasteiger partial charge in [0, 0.05) is 0 Å². The number of amides is 1. The normalized spacial score (nSPS) is 15.1. The first-order chi connectivity index (χ1) is 10.1. The van der Waals surface area contributed by atoms with Gasteiger partial charge in [-0.15, -0.1) is 0 Å². The first-order valence-corrected chi connectivity index (χ1v) is 8.44. The fourth-order valence-corrected chi connectivity index (χ4v) is 3.20. The standard InChI is InChI=1S/C14H18F3NO3S/c1-3-9-22(20,21)10(2)13(19)18-12(14(15,16)17)11-7-5-4-6-8-11/h4-8,10,12H,3,9H2,1-2H3,(H,18,19)/t10-,12-/m0/s1. The summed E-state index contributed by atoms with van der Waals surface area (Å²) in [5.41, 5.74) is -0.150. The molecule has 0 aliphatic rings. The molecule has 1 amide bonds. The Labute approximate surface area is 127 Å². The number of halogens is 3. The molecule has 0 saturated heterocycles. The summed E-state index contributed by atoms with van der Waals surface area (Å²) >= 11 is 0. The summed E-state index contributed by atoms with van der Waals surface area (Å²) in [5.74, 6) is -1.40. The zero-order valence-electron chi connectivity index (χ0n) is 12.2. The molecule has 1 aromatic rings. The maximum absolute atomic E-state index is 13.1. The molecular weight excluding hydrogens is 319 g/mol. The van der Waals surface area contributed by atoms with Crippen LogP contribution in [0.5, 0.6) is 0 Å². The van der Waals surface area contributed by atoms with Gasteiger partial charge in [-0.2, -0.15) is 13.2 Å². The fraction of sp³-hybridized carbons (Fsp3) is 0.500. The molecular formula is C14H18F3NO3S. The van der Waals surface area contributed by atoms with Crippen LogP contribution in [0.25, 0.3) is 0 Å². The minimum Gasteiger partial charge on any atom is -0.340 e. The average Bonchev–Trinajstić information content (AvgIpc) is 2.43. The SMILES string of the molecule is CCCS(=O)(=O)[C@@H](C)C(=O)N[C@@H](c1ccccc1)C(F)(F)F. The smallest absolute Gasteiger partial charge is 0.340 e. The lowest BCUT2D eigenvalue weighted by Crippen LogP contribution is -2.45. The lowest BCUT2D eigenvalue weighted by Gasteiger charge is -2.23. The number of carbonyl (C=O) groups is 1. The van der Waals surface area contributed by atoms with Gasteiger partial charge in [0.05, 0.1) is 5.75 Å². The molecule has 0 unspecified atom stereocenters. The van der Waals surface area contributed by atoms with Crippen LogP contribution in [0.3, 0.4) is 0 Å². The average molecular weight is 337 g/mol. The molecule has 8 heteroatoms. The van der Waals surface area contributed by atoms with E-state index in [1.807, 2.05) is 0 Å². The van der Waals surface area contributed by atoms with E-state index in [1.165, 1.54) is 24.3 Å². The van der Waals surface area contributed by atoms with Gasteiger partial charge in [-0.25, -0.2) is 8.42 Å². The molecule has 0 heterocycles. The zero-order chi connectivity index (χ0) is 17.0. The quantitative estimate of drug-likeness (QED) is 0.868. The summed E-state index contributed by atoms with van der Waals surface area (Å²) < 4.78 is 62.9. The Hall–Kier alpha value is -1.57. The largest absolute Gasteiger partial charge is 0.412 e. The van der Waals surface area contributed by atoms with Crippen LogP contribution in [0.1, 0.15) is 31.9 Å². The molecule has 1 aromatic carbocycles. The Bertz CT molecular complexity index is 600. The summed E-state index contributed by atoms with van der Waals surface area (Å²) in [5, 5.41) is 0.268. The van der Waals surface area contributed by atoms with Gasteiger partial charge in [-0.05, 0) is 18.9 Å². The molecule has 22 heavy (non-hydrogen) atoms. The highest BCUT2D eigenvalue weighted by atomic mass is 32.2. The summed E-state index contributed by atoms with van der Waals surface area (Å²) in [4.78, 5) is 11.9. The minimum atomic E-state index is -4.72. The highest BCUT2D eigenvalue weighted by Crippen LogP contribution is 2.32. The second-order valence-corrected chi connectivity index (χ2v) is 7.34. The van der Waals surface area contributed by atoms with Crippen molar-refractivity contribution in [3.63, 3.8) is 0 Å². The number of carbonyl (C=O) groups excluding carboxylic acids is 1. The number of rotatable bonds is 6. The van der Waals surface area contributed by atoms with Gasteiger partial charge in [0.15, 0.2) is 15.9 Å². The van der Waals surface area contributed by atoms with E-state index < -0.39 is 33.2 Å². The van der Waals surface area contributed by atoms with E-state index in [-0.39, 0.29) is 11.3 Å². The Morgan fingerprint density at radius 2 is 1.77 bits per heavy atom. The maximum Gasteiger partial charge on any atom is 0.412 e. The van der Waals surface area contributed by atoms with Gasteiger partial charge in [0.2, 0.25) is 5.91 Å². The zero-order valence-corrected chi connectivity index (χ0v) is 13.0. The van der Waals surface area contributed by atoms with Gasteiger partial charge in [0.1, 0.15) is 5.25 Å². The molecule has 0 aliphatic carbocycles. The lowest BCUT2D eigenvalue weighted by atomic mass is 10.1. The van der Waals surface area contributed by atoms with Crippen molar-refractivity contribution < 1.29 is 26.4 Å². The molecule has 0 bridgehead atoms. The van der Waals surface area contributed by atoms with E-state index in [4.69, 9.17) is 0 Å².